The topological polar surface area (TPSA) is 138 Å². The Labute approximate surface area is 212 Å². The Morgan fingerprint density at radius 1 is 1.19 bits per heavy atom. The molecular formula is C26H40N4O6. The summed E-state index contributed by atoms with van der Waals surface area (Å²) in [5.74, 6) is 0.900. The number of carbonyl (C=O) groups excluding carboxylic acids is 3. The van der Waals surface area contributed by atoms with Crippen molar-refractivity contribution in [2.75, 3.05) is 53.0 Å². The predicted molar refractivity (Wildman–Crippen MR) is 135 cm³/mol. The molecule has 10 heteroatoms. The standard InChI is InChI=1S/C26H40N4O6/c1-35-21-8-7-20-14-22(21)36-17-24(33)28-12-11-27-9-2-4-23(32)30-18-26(16-20,15-19-5-6-19)25(34)29-10-3-13-31/h7-8,14,19,27,31H,2-6,9-13,15-18H2,1H3,(H,28,33)(H,29,34)(H,30,32). The zero-order valence-corrected chi connectivity index (χ0v) is 21.2. The van der Waals surface area contributed by atoms with Crippen molar-refractivity contribution in [3.8, 4) is 11.5 Å². The first-order valence-electron chi connectivity index (χ1n) is 12.9. The van der Waals surface area contributed by atoms with E-state index in [0.717, 1.165) is 18.4 Å². The van der Waals surface area contributed by atoms with E-state index in [-0.39, 0.29) is 37.5 Å². The van der Waals surface area contributed by atoms with Crippen LogP contribution < -0.4 is 30.7 Å². The van der Waals surface area contributed by atoms with Crippen LogP contribution in [0.3, 0.4) is 0 Å². The number of methoxy groups -OCH3 is 1. The monoisotopic (exact) mass is 504 g/mol. The van der Waals surface area contributed by atoms with Gasteiger partial charge >= 0.3 is 0 Å². The van der Waals surface area contributed by atoms with Crippen molar-refractivity contribution >= 4 is 17.7 Å². The fourth-order valence-electron chi connectivity index (χ4n) is 4.48. The van der Waals surface area contributed by atoms with Crippen LogP contribution in [0.2, 0.25) is 0 Å². The lowest BCUT2D eigenvalue weighted by molar-refractivity contribution is -0.132. The second kappa shape index (κ2) is 14.0. The van der Waals surface area contributed by atoms with Crippen molar-refractivity contribution in [2.45, 2.75) is 44.9 Å². The van der Waals surface area contributed by atoms with Crippen molar-refractivity contribution in [1.82, 2.24) is 21.3 Å². The summed E-state index contributed by atoms with van der Waals surface area (Å²) in [5.41, 5.74) is 0.00266. The first kappa shape index (κ1) is 27.7. The number of carbonyl (C=O) groups is 3. The molecule has 1 aliphatic carbocycles. The van der Waals surface area contributed by atoms with Crippen molar-refractivity contribution in [3.63, 3.8) is 0 Å². The number of aliphatic hydroxyl groups is 1. The third-order valence-corrected chi connectivity index (χ3v) is 6.61. The largest absolute Gasteiger partial charge is 0.493 e. The molecule has 36 heavy (non-hydrogen) atoms. The van der Waals surface area contributed by atoms with E-state index in [4.69, 9.17) is 9.47 Å². The van der Waals surface area contributed by atoms with Gasteiger partial charge in [0.25, 0.3) is 5.91 Å². The van der Waals surface area contributed by atoms with Crippen molar-refractivity contribution in [2.24, 2.45) is 11.3 Å². The molecular weight excluding hydrogens is 464 g/mol. The van der Waals surface area contributed by atoms with Crippen LogP contribution in [0.1, 0.15) is 44.1 Å². The molecule has 3 amide bonds. The number of nitrogens with one attached hydrogen (secondary N) is 4. The highest BCUT2D eigenvalue weighted by atomic mass is 16.5. The van der Waals surface area contributed by atoms with Gasteiger partial charge in [0.15, 0.2) is 18.1 Å². The summed E-state index contributed by atoms with van der Waals surface area (Å²) in [6.07, 6.45) is 4.66. The van der Waals surface area contributed by atoms with E-state index in [1.54, 1.807) is 12.1 Å². The Balaban J connectivity index is 1.90. The van der Waals surface area contributed by atoms with Crippen LogP contribution in [0.4, 0.5) is 0 Å². The number of ether oxygens (including phenoxy) is 2. The first-order chi connectivity index (χ1) is 17.5. The van der Waals surface area contributed by atoms with Gasteiger partial charge in [-0.1, -0.05) is 18.9 Å². The summed E-state index contributed by atoms with van der Waals surface area (Å²) in [6.45, 7) is 2.14. The molecule has 1 fully saturated rings. The van der Waals surface area contributed by atoms with Gasteiger partial charge in [-0.2, -0.15) is 0 Å². The SMILES string of the molecule is COc1ccc2cc1OCC(=O)NCCNCCCC(=O)NCC(CC1CC1)(C(=O)NCCCO)C2. The maximum atomic E-state index is 13.6. The predicted octanol–water partition coefficient (Wildman–Crippen LogP) is 0.517. The number of fused-ring (bicyclic) bond motifs is 2. The van der Waals surface area contributed by atoms with E-state index in [1.807, 2.05) is 6.07 Å². The molecule has 1 aromatic carbocycles. The van der Waals surface area contributed by atoms with Gasteiger partial charge in [-0.05, 0) is 55.8 Å². The average molecular weight is 505 g/mol. The maximum absolute atomic E-state index is 13.6. The van der Waals surface area contributed by atoms with Crippen LogP contribution in [0.15, 0.2) is 18.2 Å². The molecule has 0 aromatic heterocycles. The summed E-state index contributed by atoms with van der Waals surface area (Å²) in [6, 6.07) is 5.47. The fourth-order valence-corrected chi connectivity index (χ4v) is 4.48. The molecule has 200 valence electrons. The van der Waals surface area contributed by atoms with E-state index in [2.05, 4.69) is 21.3 Å². The molecule has 1 heterocycles. The quantitative estimate of drug-likeness (QED) is 0.341. The van der Waals surface area contributed by atoms with Crippen LogP contribution in [-0.4, -0.2) is 75.9 Å². The zero-order valence-electron chi connectivity index (χ0n) is 21.2. The van der Waals surface area contributed by atoms with E-state index in [0.29, 0.717) is 75.7 Å². The second-order valence-electron chi connectivity index (χ2n) is 9.69. The minimum absolute atomic E-state index is 0.00652. The highest BCUT2D eigenvalue weighted by Gasteiger charge is 2.43. The molecule has 0 spiro atoms. The Bertz CT molecular complexity index is 891. The lowest BCUT2D eigenvalue weighted by Gasteiger charge is -2.33. The number of hydrogen-bond donors (Lipinski definition) is 5. The van der Waals surface area contributed by atoms with Gasteiger partial charge in [-0.3, -0.25) is 14.4 Å². The Morgan fingerprint density at radius 3 is 2.78 bits per heavy atom. The average Bonchev–Trinajstić information content (AvgIpc) is 3.69. The van der Waals surface area contributed by atoms with Crippen LogP contribution in [0.5, 0.6) is 11.5 Å². The van der Waals surface area contributed by atoms with Crippen molar-refractivity contribution in [1.29, 1.82) is 0 Å². The van der Waals surface area contributed by atoms with Gasteiger partial charge in [0.05, 0.1) is 12.5 Å². The molecule has 1 saturated carbocycles. The third-order valence-electron chi connectivity index (χ3n) is 6.61. The smallest absolute Gasteiger partial charge is 0.257 e. The fraction of sp³-hybridized carbons (Fsp3) is 0.654. The number of benzene rings is 1. The molecule has 1 unspecified atom stereocenters. The second-order valence-corrected chi connectivity index (χ2v) is 9.69. The minimum atomic E-state index is -0.848. The Kier molecular flexibility index (Phi) is 10.8. The van der Waals surface area contributed by atoms with E-state index in [1.165, 1.54) is 7.11 Å². The van der Waals surface area contributed by atoms with Crippen LogP contribution >= 0.6 is 0 Å². The summed E-state index contributed by atoms with van der Waals surface area (Å²) in [5, 5.41) is 21.2. The van der Waals surface area contributed by atoms with Gasteiger partial charge in [-0.15, -0.1) is 0 Å². The van der Waals surface area contributed by atoms with Crippen LogP contribution in [0.25, 0.3) is 0 Å². The molecule has 0 saturated heterocycles. The third kappa shape index (κ3) is 8.67. The maximum Gasteiger partial charge on any atom is 0.257 e. The highest BCUT2D eigenvalue weighted by Crippen LogP contribution is 2.43. The molecule has 2 bridgehead atoms. The van der Waals surface area contributed by atoms with Crippen molar-refractivity contribution < 1.29 is 29.0 Å². The van der Waals surface area contributed by atoms with E-state index < -0.39 is 5.41 Å². The Morgan fingerprint density at radius 2 is 2.03 bits per heavy atom. The number of hydrogen-bond acceptors (Lipinski definition) is 7. The number of aliphatic hydroxyl groups excluding tert-OH is 1. The molecule has 10 nitrogen and oxygen atoms in total. The van der Waals surface area contributed by atoms with Gasteiger partial charge in [0.2, 0.25) is 11.8 Å². The Hall–Kier alpha value is -2.85. The van der Waals surface area contributed by atoms with Crippen molar-refractivity contribution in [3.05, 3.63) is 23.8 Å². The molecule has 1 atom stereocenters. The summed E-state index contributed by atoms with van der Waals surface area (Å²) in [7, 11) is 1.54. The summed E-state index contributed by atoms with van der Waals surface area (Å²) < 4.78 is 11.2. The zero-order chi connectivity index (χ0) is 25.8. The minimum Gasteiger partial charge on any atom is -0.493 e. The van der Waals surface area contributed by atoms with Gasteiger partial charge in [0.1, 0.15) is 0 Å². The van der Waals surface area contributed by atoms with Gasteiger partial charge in [0, 0.05) is 39.2 Å². The molecule has 1 aliphatic heterocycles. The summed E-state index contributed by atoms with van der Waals surface area (Å²) >= 11 is 0. The lowest BCUT2D eigenvalue weighted by atomic mass is 9.75. The lowest BCUT2D eigenvalue weighted by Crippen LogP contribution is -2.50. The first-order valence-corrected chi connectivity index (χ1v) is 12.9. The molecule has 5 N–H and O–H groups in total. The number of amides is 3. The van der Waals surface area contributed by atoms with Crippen LogP contribution in [0, 0.1) is 11.3 Å². The van der Waals surface area contributed by atoms with Gasteiger partial charge in [-0.25, -0.2) is 0 Å². The normalized spacial score (nSPS) is 22.3. The molecule has 1 aromatic rings. The van der Waals surface area contributed by atoms with Gasteiger partial charge < -0.3 is 35.8 Å². The molecule has 3 rings (SSSR count). The molecule has 0 radical (unpaired) electrons. The summed E-state index contributed by atoms with van der Waals surface area (Å²) in [4.78, 5) is 38.5. The van der Waals surface area contributed by atoms with E-state index in [9.17, 15) is 19.5 Å². The number of rotatable bonds is 7. The van der Waals surface area contributed by atoms with Crippen LogP contribution in [-0.2, 0) is 20.8 Å². The molecule has 2 aliphatic rings. The van der Waals surface area contributed by atoms with E-state index >= 15 is 0 Å². The highest BCUT2D eigenvalue weighted by molar-refractivity contribution is 5.84.